The molecule has 1 aliphatic rings. The van der Waals surface area contributed by atoms with Crippen LogP contribution in [0.2, 0.25) is 0 Å². The van der Waals surface area contributed by atoms with Crippen LogP contribution in [0.15, 0.2) is 24.3 Å². The molecule has 1 aliphatic heterocycles. The zero-order chi connectivity index (χ0) is 16.3. The van der Waals surface area contributed by atoms with Gasteiger partial charge in [0.25, 0.3) is 0 Å². The molecule has 1 unspecified atom stereocenters. The number of benzene rings is 1. The molecule has 1 heterocycles. The van der Waals surface area contributed by atoms with Crippen molar-refractivity contribution in [1.82, 2.24) is 9.80 Å². The van der Waals surface area contributed by atoms with Gasteiger partial charge in [0.05, 0.1) is 5.56 Å². The first kappa shape index (κ1) is 16.8. The van der Waals surface area contributed by atoms with Crippen molar-refractivity contribution in [2.75, 3.05) is 26.2 Å². The zero-order valence-electron chi connectivity index (χ0n) is 12.3. The van der Waals surface area contributed by atoms with Crippen LogP contribution in [0.4, 0.5) is 13.2 Å². The number of carbonyl (C=O) groups is 1. The monoisotopic (exact) mass is 316 g/mol. The van der Waals surface area contributed by atoms with Crippen molar-refractivity contribution in [1.29, 1.82) is 0 Å². The maximum Gasteiger partial charge on any atom is 0.403 e. The van der Waals surface area contributed by atoms with Crippen LogP contribution in [0.5, 0.6) is 0 Å². The van der Waals surface area contributed by atoms with Crippen molar-refractivity contribution in [3.8, 4) is 0 Å². The summed E-state index contributed by atoms with van der Waals surface area (Å²) in [6.45, 7) is 3.72. The highest BCUT2D eigenvalue weighted by atomic mass is 19.4. The largest absolute Gasteiger partial charge is 0.478 e. The molecule has 0 aliphatic carbocycles. The molecule has 122 valence electrons. The Morgan fingerprint density at radius 3 is 2.18 bits per heavy atom. The van der Waals surface area contributed by atoms with E-state index in [0.717, 1.165) is 5.56 Å². The van der Waals surface area contributed by atoms with Crippen molar-refractivity contribution in [3.63, 3.8) is 0 Å². The van der Waals surface area contributed by atoms with Crippen LogP contribution in [0, 0.1) is 0 Å². The van der Waals surface area contributed by atoms with Gasteiger partial charge in [0, 0.05) is 32.7 Å². The minimum Gasteiger partial charge on any atom is -0.478 e. The second-order valence-electron chi connectivity index (χ2n) is 5.53. The molecule has 0 bridgehead atoms. The van der Waals surface area contributed by atoms with Crippen molar-refractivity contribution in [3.05, 3.63) is 35.4 Å². The highest BCUT2D eigenvalue weighted by molar-refractivity contribution is 5.87. The first-order chi connectivity index (χ1) is 10.3. The fourth-order valence-corrected chi connectivity index (χ4v) is 2.53. The highest BCUT2D eigenvalue weighted by Crippen LogP contribution is 2.25. The lowest BCUT2D eigenvalue weighted by atomic mass is 10.1. The fourth-order valence-electron chi connectivity index (χ4n) is 2.53. The molecule has 1 aromatic carbocycles. The maximum atomic E-state index is 12.7. The SMILES string of the molecule is CC(N1CCN(Cc2ccc(C(=O)O)cc2)CC1)C(F)(F)F. The average molecular weight is 316 g/mol. The van der Waals surface area contributed by atoms with Crippen molar-refractivity contribution < 1.29 is 23.1 Å². The minimum absolute atomic E-state index is 0.229. The van der Waals surface area contributed by atoms with E-state index in [2.05, 4.69) is 4.90 Å². The predicted octanol–water partition coefficient (Wildman–Crippen LogP) is 2.45. The number of piperazine rings is 1. The number of alkyl halides is 3. The lowest BCUT2D eigenvalue weighted by molar-refractivity contribution is -0.182. The Morgan fingerprint density at radius 2 is 1.73 bits per heavy atom. The quantitative estimate of drug-likeness (QED) is 0.927. The summed E-state index contributed by atoms with van der Waals surface area (Å²) in [5.74, 6) is -0.971. The van der Waals surface area contributed by atoms with Gasteiger partial charge in [-0.15, -0.1) is 0 Å². The van der Waals surface area contributed by atoms with Crippen LogP contribution < -0.4 is 0 Å². The molecule has 0 radical (unpaired) electrons. The fraction of sp³-hybridized carbons (Fsp3) is 0.533. The summed E-state index contributed by atoms with van der Waals surface area (Å²) in [5.41, 5.74) is 1.19. The van der Waals surface area contributed by atoms with Crippen LogP contribution in [-0.4, -0.2) is 59.3 Å². The normalized spacial score (nSPS) is 19.1. The van der Waals surface area contributed by atoms with Gasteiger partial charge in [-0.3, -0.25) is 9.80 Å². The minimum atomic E-state index is -4.19. The Bertz CT molecular complexity index is 509. The van der Waals surface area contributed by atoms with E-state index < -0.39 is 18.2 Å². The second-order valence-corrected chi connectivity index (χ2v) is 5.53. The molecule has 1 fully saturated rings. The molecule has 0 aromatic heterocycles. The molecule has 2 rings (SSSR count). The van der Waals surface area contributed by atoms with Crippen LogP contribution in [0.1, 0.15) is 22.8 Å². The Labute approximate surface area is 127 Å². The van der Waals surface area contributed by atoms with Gasteiger partial charge in [0.1, 0.15) is 6.04 Å². The van der Waals surface area contributed by atoms with Crippen molar-refractivity contribution in [2.45, 2.75) is 25.7 Å². The first-order valence-corrected chi connectivity index (χ1v) is 7.12. The van der Waals surface area contributed by atoms with Crippen LogP contribution in [0.3, 0.4) is 0 Å². The van der Waals surface area contributed by atoms with E-state index in [0.29, 0.717) is 32.7 Å². The van der Waals surface area contributed by atoms with Crippen LogP contribution in [-0.2, 0) is 6.54 Å². The number of hydrogen-bond acceptors (Lipinski definition) is 3. The summed E-state index contributed by atoms with van der Waals surface area (Å²) in [7, 11) is 0. The van der Waals surface area contributed by atoms with Gasteiger partial charge in [-0.05, 0) is 24.6 Å². The molecule has 1 atom stereocenters. The van der Waals surface area contributed by atoms with Gasteiger partial charge < -0.3 is 5.11 Å². The topological polar surface area (TPSA) is 43.8 Å². The van der Waals surface area contributed by atoms with Gasteiger partial charge in [0.2, 0.25) is 0 Å². The van der Waals surface area contributed by atoms with Crippen LogP contribution in [0.25, 0.3) is 0 Å². The highest BCUT2D eigenvalue weighted by Gasteiger charge is 2.40. The lowest BCUT2D eigenvalue weighted by Crippen LogP contribution is -2.53. The zero-order valence-corrected chi connectivity index (χ0v) is 12.3. The molecule has 0 spiro atoms. The summed E-state index contributed by atoms with van der Waals surface area (Å²) >= 11 is 0. The Hall–Kier alpha value is -1.60. The van der Waals surface area contributed by atoms with Crippen LogP contribution >= 0.6 is 0 Å². The predicted molar refractivity (Wildman–Crippen MR) is 75.8 cm³/mol. The Morgan fingerprint density at radius 1 is 1.18 bits per heavy atom. The Kier molecular flexibility index (Phi) is 5.08. The van der Waals surface area contributed by atoms with Gasteiger partial charge in [-0.25, -0.2) is 4.79 Å². The summed E-state index contributed by atoms with van der Waals surface area (Å²) in [5, 5.41) is 8.84. The van der Waals surface area contributed by atoms with Crippen molar-refractivity contribution in [2.24, 2.45) is 0 Å². The number of rotatable bonds is 4. The van der Waals surface area contributed by atoms with E-state index in [1.807, 2.05) is 0 Å². The van der Waals surface area contributed by atoms with Gasteiger partial charge in [-0.1, -0.05) is 12.1 Å². The smallest absolute Gasteiger partial charge is 0.403 e. The van der Waals surface area contributed by atoms with E-state index in [4.69, 9.17) is 5.11 Å². The third-order valence-corrected chi connectivity index (χ3v) is 4.04. The number of carboxylic acids is 1. The second kappa shape index (κ2) is 6.66. The molecule has 1 N–H and O–H groups in total. The van der Waals surface area contributed by atoms with E-state index >= 15 is 0 Å². The third kappa shape index (κ3) is 4.20. The number of halogens is 3. The maximum absolute atomic E-state index is 12.7. The standard InChI is InChI=1S/C15H19F3N2O2/c1-11(15(16,17)18)20-8-6-19(7-9-20)10-12-2-4-13(5-3-12)14(21)22/h2-5,11H,6-10H2,1H3,(H,21,22). The Balaban J connectivity index is 1.86. The van der Waals surface area contributed by atoms with Crippen molar-refractivity contribution >= 4 is 5.97 Å². The summed E-state index contributed by atoms with van der Waals surface area (Å²) in [4.78, 5) is 14.3. The summed E-state index contributed by atoms with van der Waals surface area (Å²) in [6, 6.07) is 5.16. The molecule has 0 amide bonds. The van der Waals surface area contributed by atoms with Gasteiger partial charge in [0.15, 0.2) is 0 Å². The molecular formula is C15H19F3N2O2. The molecular weight excluding hydrogens is 297 g/mol. The number of carboxylic acid groups (broad SMARTS) is 1. The molecule has 7 heteroatoms. The molecule has 4 nitrogen and oxygen atoms in total. The number of hydrogen-bond donors (Lipinski definition) is 1. The van der Waals surface area contributed by atoms with Gasteiger partial charge >= 0.3 is 12.1 Å². The number of nitrogens with zero attached hydrogens (tertiary/aromatic N) is 2. The van der Waals surface area contributed by atoms with Gasteiger partial charge in [-0.2, -0.15) is 13.2 Å². The van der Waals surface area contributed by atoms with E-state index in [1.54, 1.807) is 24.3 Å². The summed E-state index contributed by atoms with van der Waals surface area (Å²) in [6.07, 6.45) is -4.19. The van der Waals surface area contributed by atoms with E-state index in [9.17, 15) is 18.0 Å². The third-order valence-electron chi connectivity index (χ3n) is 4.04. The molecule has 1 saturated heterocycles. The lowest BCUT2D eigenvalue weighted by Gasteiger charge is -2.38. The molecule has 1 aromatic rings. The number of aromatic carboxylic acids is 1. The average Bonchev–Trinajstić information content (AvgIpc) is 2.47. The molecule has 22 heavy (non-hydrogen) atoms. The van der Waals surface area contributed by atoms with E-state index in [1.165, 1.54) is 11.8 Å². The summed E-state index contributed by atoms with van der Waals surface area (Å²) < 4.78 is 38.0. The first-order valence-electron chi connectivity index (χ1n) is 7.12. The molecule has 0 saturated carbocycles. The van der Waals surface area contributed by atoms with E-state index in [-0.39, 0.29) is 5.56 Å².